The van der Waals surface area contributed by atoms with Crippen molar-refractivity contribution in [2.24, 2.45) is 0 Å². The summed E-state index contributed by atoms with van der Waals surface area (Å²) in [5.74, 6) is -1.79. The van der Waals surface area contributed by atoms with Crippen LogP contribution in [0.1, 0.15) is 41.6 Å². The second-order valence-electron chi connectivity index (χ2n) is 7.80. The third-order valence-corrected chi connectivity index (χ3v) is 6.88. The lowest BCUT2D eigenvalue weighted by molar-refractivity contribution is -0.765. The highest BCUT2D eigenvalue weighted by Gasteiger charge is 2.49. The Bertz CT molecular complexity index is 1070. The van der Waals surface area contributed by atoms with E-state index in [4.69, 9.17) is 18.3 Å². The first-order valence-corrected chi connectivity index (χ1v) is 11.7. The number of aliphatic hydroxyl groups excluding tert-OH is 2. The van der Waals surface area contributed by atoms with Crippen molar-refractivity contribution in [2.45, 2.75) is 44.0 Å². The van der Waals surface area contributed by atoms with Gasteiger partial charge in [0.15, 0.2) is 24.3 Å². The van der Waals surface area contributed by atoms with Gasteiger partial charge in [0.1, 0.15) is 23.8 Å². The number of ether oxygens (including phenoxy) is 1. The number of benzene rings is 1. The summed E-state index contributed by atoms with van der Waals surface area (Å²) in [6.07, 6.45) is -2.56. The monoisotopic (exact) mass is 486 g/mol. The third kappa shape index (κ3) is 5.36. The summed E-state index contributed by atoms with van der Waals surface area (Å²) in [5, 5.41) is 20.8. The maximum Gasteiger partial charge on any atom is 0.475 e. The maximum absolute atomic E-state index is 13.5. The molecule has 2 aromatic rings. The molecule has 178 valence electrons. The highest BCUT2D eigenvalue weighted by Crippen LogP contribution is 2.57. The van der Waals surface area contributed by atoms with Crippen LogP contribution in [0.2, 0.25) is 0 Å². The summed E-state index contributed by atoms with van der Waals surface area (Å²) in [6.45, 7) is 0.889. The number of carbonyl (C=O) groups is 1. The molecule has 0 spiro atoms. The topological polar surface area (TPSA) is 115 Å². The molecule has 1 aromatic heterocycles. The molecule has 1 aromatic carbocycles. The summed E-state index contributed by atoms with van der Waals surface area (Å²) >= 11 is 0. The Morgan fingerprint density at radius 3 is 2.67 bits per heavy atom. The number of hydrogen-bond acceptors (Lipinski definition) is 8. The number of phosphoric ester groups is 1. The van der Waals surface area contributed by atoms with Crippen LogP contribution in [0.5, 0.6) is 0 Å². The van der Waals surface area contributed by atoms with Crippen LogP contribution in [-0.2, 0) is 22.9 Å². The molecule has 2 fully saturated rings. The fraction of sp³-hybridized carbons (Fsp3) is 0.429. The molecule has 0 amide bonds. The fourth-order valence-corrected chi connectivity index (χ4v) is 5.10. The fourth-order valence-electron chi connectivity index (χ4n) is 3.70. The van der Waals surface area contributed by atoms with Crippen molar-refractivity contribution in [2.75, 3.05) is 13.2 Å². The predicted octanol–water partition coefficient (Wildman–Crippen LogP) is 2.38. The number of phosphoric acid groups is 1. The first-order chi connectivity index (χ1) is 15.6. The minimum Gasteiger partial charge on any atom is -0.387 e. The van der Waals surface area contributed by atoms with Gasteiger partial charge in [0.05, 0.1) is 24.9 Å². The van der Waals surface area contributed by atoms with Crippen LogP contribution in [0.4, 0.5) is 8.78 Å². The smallest absolute Gasteiger partial charge is 0.387 e. The number of hydrogen-bond donors (Lipinski definition) is 2. The van der Waals surface area contributed by atoms with Crippen LogP contribution in [0.25, 0.3) is 0 Å². The van der Waals surface area contributed by atoms with Crippen LogP contribution in [0, 0.1) is 11.6 Å². The molecule has 0 bridgehead atoms. The van der Waals surface area contributed by atoms with Gasteiger partial charge in [0, 0.05) is 18.6 Å². The Balaban J connectivity index is 1.42. The molecule has 2 aliphatic heterocycles. The van der Waals surface area contributed by atoms with Gasteiger partial charge in [-0.25, -0.2) is 13.3 Å². The minimum atomic E-state index is -4.15. The zero-order valence-corrected chi connectivity index (χ0v) is 18.4. The van der Waals surface area contributed by atoms with Crippen molar-refractivity contribution in [1.82, 2.24) is 0 Å². The van der Waals surface area contributed by atoms with E-state index in [9.17, 15) is 28.4 Å². The van der Waals surface area contributed by atoms with Gasteiger partial charge in [0.25, 0.3) is 6.23 Å². The number of rotatable bonds is 6. The molecule has 3 heterocycles. The van der Waals surface area contributed by atoms with E-state index >= 15 is 0 Å². The van der Waals surface area contributed by atoms with E-state index in [0.29, 0.717) is 11.6 Å². The van der Waals surface area contributed by atoms with Crippen LogP contribution in [0.15, 0.2) is 42.7 Å². The standard InChI is InChI=1S/C21H23F2NO8P/c1-12(25)13-3-2-5-24(10-13)21-20(27)19(26)18(31-21)11-30-33(28)29-6-4-17(32-33)14-7-15(22)9-16(23)8-14/h2-3,5,7-10,17-21,26-27H,4,6,11H2,1H3/q+1/t17-,18+,19-,20?,21+,33?/m0/s1. The predicted molar refractivity (Wildman–Crippen MR) is 107 cm³/mol. The molecule has 0 aliphatic carbocycles. The van der Waals surface area contributed by atoms with E-state index in [0.717, 1.165) is 12.1 Å². The molecule has 2 N–H and O–H groups in total. The Morgan fingerprint density at radius 2 is 1.97 bits per heavy atom. The molecule has 2 aliphatic rings. The van der Waals surface area contributed by atoms with E-state index in [2.05, 4.69) is 0 Å². The zero-order chi connectivity index (χ0) is 23.8. The third-order valence-electron chi connectivity index (χ3n) is 5.40. The van der Waals surface area contributed by atoms with Gasteiger partial charge >= 0.3 is 7.82 Å². The van der Waals surface area contributed by atoms with Crippen LogP contribution < -0.4 is 4.57 Å². The van der Waals surface area contributed by atoms with Crippen LogP contribution >= 0.6 is 7.82 Å². The van der Waals surface area contributed by atoms with Crippen LogP contribution in [-0.4, -0.2) is 47.5 Å². The van der Waals surface area contributed by atoms with Crippen molar-refractivity contribution in [3.63, 3.8) is 0 Å². The van der Waals surface area contributed by atoms with Gasteiger partial charge in [0.2, 0.25) is 0 Å². The SMILES string of the molecule is CC(=O)c1ccc[n+]([C@@H]2O[C@H](COP3(=O)OCC[C@@H](c4cc(F)cc(F)c4)O3)[C@H](O)C2O)c1. The minimum absolute atomic E-state index is 0.0485. The Kier molecular flexibility index (Phi) is 7.01. The van der Waals surface area contributed by atoms with Crippen molar-refractivity contribution in [3.8, 4) is 0 Å². The summed E-state index contributed by atoms with van der Waals surface area (Å²) in [4.78, 5) is 11.6. The molecule has 33 heavy (non-hydrogen) atoms. The quantitative estimate of drug-likeness (QED) is 0.363. The average molecular weight is 486 g/mol. The Labute approximate surface area is 188 Å². The number of nitrogens with zero attached hydrogens (tertiary/aromatic N) is 1. The van der Waals surface area contributed by atoms with Crippen LogP contribution in [0.3, 0.4) is 0 Å². The van der Waals surface area contributed by atoms with Crippen molar-refractivity contribution in [3.05, 3.63) is 65.5 Å². The highest BCUT2D eigenvalue weighted by atomic mass is 31.2. The Hall–Kier alpha value is -2.11. The second-order valence-corrected chi connectivity index (χ2v) is 9.43. The Morgan fingerprint density at radius 1 is 1.24 bits per heavy atom. The number of halogens is 2. The van der Waals surface area contributed by atoms with E-state index in [1.54, 1.807) is 18.3 Å². The van der Waals surface area contributed by atoms with Gasteiger partial charge < -0.3 is 14.9 Å². The molecule has 0 saturated carbocycles. The summed E-state index contributed by atoms with van der Waals surface area (Å²) < 4.78 is 62.9. The van der Waals surface area contributed by atoms with E-state index in [-0.39, 0.29) is 24.4 Å². The molecule has 2 saturated heterocycles. The first kappa shape index (κ1) is 24.0. The number of Topliss-reactive ketones (excluding diaryl/α,β-unsaturated/α-hetero) is 1. The van der Waals surface area contributed by atoms with E-state index in [1.807, 2.05) is 0 Å². The van der Waals surface area contributed by atoms with Gasteiger partial charge in [-0.2, -0.15) is 4.57 Å². The van der Waals surface area contributed by atoms with Crippen molar-refractivity contribution >= 4 is 13.6 Å². The lowest BCUT2D eigenvalue weighted by atomic mass is 10.1. The molecular weight excluding hydrogens is 463 g/mol. The maximum atomic E-state index is 13.5. The van der Waals surface area contributed by atoms with Crippen molar-refractivity contribution in [1.29, 1.82) is 0 Å². The number of carbonyl (C=O) groups excluding carboxylic acids is 1. The van der Waals surface area contributed by atoms with Gasteiger partial charge in [-0.15, -0.1) is 0 Å². The molecule has 12 heteroatoms. The lowest BCUT2D eigenvalue weighted by Gasteiger charge is -2.29. The van der Waals surface area contributed by atoms with Crippen molar-refractivity contribution < 1.29 is 51.2 Å². The summed E-state index contributed by atoms with van der Waals surface area (Å²) in [6, 6.07) is 6.05. The van der Waals surface area contributed by atoms with E-state index in [1.165, 1.54) is 17.7 Å². The molecule has 9 nitrogen and oxygen atoms in total. The van der Waals surface area contributed by atoms with E-state index < -0.39 is 56.7 Å². The molecule has 4 rings (SSSR count). The summed E-state index contributed by atoms with van der Waals surface area (Å²) in [7, 11) is -4.15. The molecule has 6 atom stereocenters. The second kappa shape index (κ2) is 9.63. The highest BCUT2D eigenvalue weighted by molar-refractivity contribution is 7.48. The molecule has 0 radical (unpaired) electrons. The largest absolute Gasteiger partial charge is 0.475 e. The average Bonchev–Trinajstić information content (AvgIpc) is 3.06. The molecule has 2 unspecified atom stereocenters. The van der Waals surface area contributed by atoms with Gasteiger partial charge in [-0.05, 0) is 30.7 Å². The number of aromatic nitrogens is 1. The van der Waals surface area contributed by atoms with Gasteiger partial charge in [-0.1, -0.05) is 0 Å². The zero-order valence-electron chi connectivity index (χ0n) is 17.5. The number of ketones is 1. The number of aliphatic hydroxyl groups is 2. The summed E-state index contributed by atoms with van der Waals surface area (Å²) in [5.41, 5.74) is 0.532. The number of pyridine rings is 1. The lowest BCUT2D eigenvalue weighted by Crippen LogP contribution is -2.46. The molecular formula is C21H23F2NO8P+. The normalized spacial score (nSPS) is 32.1. The van der Waals surface area contributed by atoms with Gasteiger partial charge in [-0.3, -0.25) is 18.4 Å². The first-order valence-electron chi connectivity index (χ1n) is 10.2.